The molecule has 5 heteroatoms. The second-order valence-corrected chi connectivity index (χ2v) is 9.04. The number of hydrogen-bond donors (Lipinski definition) is 1. The molecule has 5 nitrogen and oxygen atoms in total. The number of rotatable bonds is 5. The van der Waals surface area contributed by atoms with Crippen molar-refractivity contribution in [2.24, 2.45) is 7.05 Å². The number of carbonyl (C=O) groups is 1. The normalized spacial score (nSPS) is 21.3. The summed E-state index contributed by atoms with van der Waals surface area (Å²) in [6.07, 6.45) is 6.53. The van der Waals surface area contributed by atoms with Crippen LogP contribution >= 0.6 is 0 Å². The van der Waals surface area contributed by atoms with Crippen molar-refractivity contribution in [3.05, 3.63) is 52.8 Å². The van der Waals surface area contributed by atoms with E-state index in [0.29, 0.717) is 12.5 Å². The van der Waals surface area contributed by atoms with Crippen molar-refractivity contribution in [3.8, 4) is 0 Å². The van der Waals surface area contributed by atoms with Crippen LogP contribution in [-0.2, 0) is 23.8 Å². The molecule has 4 rings (SSSR count). The number of benzene rings is 1. The van der Waals surface area contributed by atoms with Crippen molar-refractivity contribution in [1.29, 1.82) is 0 Å². The number of carbonyl (C=O) groups excluding carboxylic acids is 1. The summed E-state index contributed by atoms with van der Waals surface area (Å²) in [5, 5.41) is 8.24. The molecule has 1 aliphatic heterocycles. The maximum absolute atomic E-state index is 13.7. The first kappa shape index (κ1) is 20.1. The molecular weight excluding hydrogens is 360 g/mol. The fraction of sp³-hybridized carbons (Fsp3) is 0.583. The van der Waals surface area contributed by atoms with Crippen molar-refractivity contribution < 1.29 is 4.79 Å². The lowest BCUT2D eigenvalue weighted by Crippen LogP contribution is -2.43. The van der Waals surface area contributed by atoms with Gasteiger partial charge in [0.25, 0.3) is 0 Å². The number of piperidine rings is 1. The van der Waals surface area contributed by atoms with E-state index >= 15 is 0 Å². The van der Waals surface area contributed by atoms with Crippen LogP contribution in [0.1, 0.15) is 67.0 Å². The molecule has 1 saturated carbocycles. The number of hydrogen-bond acceptors (Lipinski definition) is 3. The van der Waals surface area contributed by atoms with Crippen LogP contribution < -0.4 is 5.32 Å². The smallest absolute Gasteiger partial charge is 0.233 e. The van der Waals surface area contributed by atoms with Gasteiger partial charge in [-0.05, 0) is 50.8 Å². The Hall–Kier alpha value is -2.14. The Labute approximate surface area is 174 Å². The molecule has 0 spiro atoms. The highest BCUT2D eigenvalue weighted by molar-refractivity contribution is 5.88. The third-order valence-electron chi connectivity index (χ3n) is 6.93. The molecule has 1 saturated heterocycles. The van der Waals surface area contributed by atoms with Gasteiger partial charge < -0.3 is 10.2 Å². The van der Waals surface area contributed by atoms with Crippen molar-refractivity contribution in [2.45, 2.75) is 63.3 Å². The van der Waals surface area contributed by atoms with Gasteiger partial charge in [-0.3, -0.25) is 9.48 Å². The molecule has 2 aliphatic rings. The van der Waals surface area contributed by atoms with E-state index in [4.69, 9.17) is 5.10 Å². The Kier molecular flexibility index (Phi) is 5.77. The van der Waals surface area contributed by atoms with Crippen LogP contribution in [0.5, 0.6) is 0 Å². The number of aromatic nitrogens is 2. The Morgan fingerprint density at radius 2 is 1.97 bits per heavy atom. The van der Waals surface area contributed by atoms with Gasteiger partial charge >= 0.3 is 0 Å². The van der Waals surface area contributed by atoms with E-state index in [0.717, 1.165) is 50.2 Å². The summed E-state index contributed by atoms with van der Waals surface area (Å²) in [7, 11) is 3.95. The van der Waals surface area contributed by atoms with Gasteiger partial charge in [0.1, 0.15) is 0 Å². The molecule has 1 amide bonds. The number of aryl methyl sites for hydroxylation is 2. The van der Waals surface area contributed by atoms with Crippen molar-refractivity contribution in [3.63, 3.8) is 0 Å². The van der Waals surface area contributed by atoms with E-state index in [2.05, 4.69) is 42.6 Å². The summed E-state index contributed by atoms with van der Waals surface area (Å²) in [5.74, 6) is 0.736. The standard InChI is InChI=1S/C24H34N4O/c1-18-8-10-20(11-9-18)24(12-4-5-13-24)23(29)27(2)17-21-15-22(26-28(21)3)19-7-6-14-25-16-19/h8-11,15,19,25H,4-7,12-14,16-17H2,1-3H3/t19-/m1/s1. The highest BCUT2D eigenvalue weighted by Crippen LogP contribution is 2.42. The Morgan fingerprint density at radius 3 is 2.62 bits per heavy atom. The Morgan fingerprint density at radius 1 is 1.24 bits per heavy atom. The summed E-state index contributed by atoms with van der Waals surface area (Å²) < 4.78 is 1.96. The first-order valence-corrected chi connectivity index (χ1v) is 11.1. The predicted molar refractivity (Wildman–Crippen MR) is 116 cm³/mol. The minimum Gasteiger partial charge on any atom is -0.339 e. The molecule has 1 N–H and O–H groups in total. The summed E-state index contributed by atoms with van der Waals surface area (Å²) in [5.41, 5.74) is 4.32. The van der Waals surface area contributed by atoms with Crippen LogP contribution in [0.25, 0.3) is 0 Å². The third-order valence-corrected chi connectivity index (χ3v) is 6.93. The van der Waals surface area contributed by atoms with Crippen LogP contribution in [0.3, 0.4) is 0 Å². The van der Waals surface area contributed by atoms with E-state index < -0.39 is 0 Å². The van der Waals surface area contributed by atoms with Crippen LogP contribution in [0.2, 0.25) is 0 Å². The highest BCUT2D eigenvalue weighted by Gasteiger charge is 2.44. The maximum Gasteiger partial charge on any atom is 0.233 e. The quantitative estimate of drug-likeness (QED) is 0.842. The molecule has 2 heterocycles. The zero-order valence-electron chi connectivity index (χ0n) is 18.1. The zero-order valence-corrected chi connectivity index (χ0v) is 18.1. The van der Waals surface area contributed by atoms with Crippen molar-refractivity contribution >= 4 is 5.91 Å². The number of amides is 1. The molecular formula is C24H34N4O. The molecule has 0 radical (unpaired) electrons. The minimum atomic E-state index is -0.364. The Bertz CT molecular complexity index is 842. The van der Waals surface area contributed by atoms with Gasteiger partial charge in [0.05, 0.1) is 23.3 Å². The van der Waals surface area contributed by atoms with Gasteiger partial charge in [-0.2, -0.15) is 5.10 Å². The minimum absolute atomic E-state index is 0.251. The van der Waals surface area contributed by atoms with Crippen molar-refractivity contribution in [2.75, 3.05) is 20.1 Å². The first-order chi connectivity index (χ1) is 14.0. The van der Waals surface area contributed by atoms with Gasteiger partial charge in [-0.15, -0.1) is 0 Å². The van der Waals surface area contributed by atoms with Crippen LogP contribution in [0, 0.1) is 6.92 Å². The van der Waals surface area contributed by atoms with E-state index in [1.807, 2.05) is 23.7 Å². The van der Waals surface area contributed by atoms with Crippen LogP contribution in [0.4, 0.5) is 0 Å². The number of likely N-dealkylation sites (N-methyl/N-ethyl adjacent to an activating group) is 1. The summed E-state index contributed by atoms with van der Waals surface area (Å²) in [4.78, 5) is 15.6. The number of nitrogens with one attached hydrogen (secondary N) is 1. The van der Waals surface area contributed by atoms with Crippen molar-refractivity contribution in [1.82, 2.24) is 20.0 Å². The third kappa shape index (κ3) is 3.97. The van der Waals surface area contributed by atoms with Gasteiger partial charge in [0.15, 0.2) is 0 Å². The molecule has 156 valence electrons. The van der Waals surface area contributed by atoms with Crippen LogP contribution in [0.15, 0.2) is 30.3 Å². The largest absolute Gasteiger partial charge is 0.339 e. The topological polar surface area (TPSA) is 50.2 Å². The highest BCUT2D eigenvalue weighted by atomic mass is 16.2. The number of nitrogens with zero attached hydrogens (tertiary/aromatic N) is 3. The SMILES string of the molecule is Cc1ccc(C2(C(=O)N(C)Cc3cc([C@@H]4CCCNC4)nn3C)CCCC2)cc1. The summed E-state index contributed by atoms with van der Waals surface area (Å²) >= 11 is 0. The maximum atomic E-state index is 13.7. The van der Waals surface area contributed by atoms with Gasteiger partial charge in [0.2, 0.25) is 5.91 Å². The van der Waals surface area contributed by atoms with Crippen LogP contribution in [-0.4, -0.2) is 40.7 Å². The second-order valence-electron chi connectivity index (χ2n) is 9.04. The van der Waals surface area contributed by atoms with E-state index in [-0.39, 0.29) is 11.3 Å². The summed E-state index contributed by atoms with van der Waals surface area (Å²) in [6, 6.07) is 10.8. The molecule has 1 aliphatic carbocycles. The molecule has 2 aromatic rings. The molecule has 1 aromatic carbocycles. The zero-order chi connectivity index (χ0) is 20.4. The molecule has 1 aromatic heterocycles. The lowest BCUT2D eigenvalue weighted by atomic mass is 9.77. The summed E-state index contributed by atoms with van der Waals surface area (Å²) in [6.45, 7) is 4.81. The van der Waals surface area contributed by atoms with E-state index in [1.165, 1.54) is 24.0 Å². The lowest BCUT2D eigenvalue weighted by molar-refractivity contribution is -0.136. The van der Waals surface area contributed by atoms with Gasteiger partial charge in [0, 0.05) is 26.6 Å². The average molecular weight is 395 g/mol. The molecule has 1 atom stereocenters. The Balaban J connectivity index is 1.52. The fourth-order valence-electron chi connectivity index (χ4n) is 5.14. The first-order valence-electron chi connectivity index (χ1n) is 11.1. The molecule has 29 heavy (non-hydrogen) atoms. The fourth-order valence-corrected chi connectivity index (χ4v) is 5.14. The molecule has 0 unspecified atom stereocenters. The van der Waals surface area contributed by atoms with Gasteiger partial charge in [-0.1, -0.05) is 42.7 Å². The average Bonchev–Trinajstić information content (AvgIpc) is 3.37. The lowest BCUT2D eigenvalue weighted by Gasteiger charge is -2.33. The molecule has 2 fully saturated rings. The van der Waals surface area contributed by atoms with E-state index in [9.17, 15) is 4.79 Å². The van der Waals surface area contributed by atoms with E-state index in [1.54, 1.807) is 0 Å². The predicted octanol–water partition coefficient (Wildman–Crippen LogP) is 3.67. The van der Waals surface area contributed by atoms with Gasteiger partial charge in [-0.25, -0.2) is 0 Å². The second kappa shape index (κ2) is 8.31. The monoisotopic (exact) mass is 394 g/mol. The molecule has 0 bridgehead atoms.